The van der Waals surface area contributed by atoms with E-state index in [9.17, 15) is 9.59 Å². The molecule has 0 saturated carbocycles. The Hall–Kier alpha value is -3.43. The summed E-state index contributed by atoms with van der Waals surface area (Å²) >= 11 is 4.84. The zero-order chi connectivity index (χ0) is 26.7. The van der Waals surface area contributed by atoms with E-state index in [1.165, 1.54) is 11.3 Å². The molecule has 0 bridgehead atoms. The average molecular weight is 584 g/mol. The molecular formula is C28H27BrN2O5S. The van der Waals surface area contributed by atoms with Crippen LogP contribution in [0, 0.1) is 6.92 Å². The lowest BCUT2D eigenvalue weighted by molar-refractivity contribution is -0.139. The number of methoxy groups -OCH3 is 1. The number of thiazole rings is 1. The van der Waals surface area contributed by atoms with E-state index in [1.807, 2.05) is 31.2 Å². The van der Waals surface area contributed by atoms with Gasteiger partial charge in [-0.15, -0.1) is 0 Å². The molecule has 0 amide bonds. The fourth-order valence-electron chi connectivity index (χ4n) is 4.08. The van der Waals surface area contributed by atoms with Crippen LogP contribution in [0.5, 0.6) is 11.5 Å². The molecule has 0 N–H and O–H groups in total. The number of allylic oxidation sites excluding steroid dienone is 1. The number of hydrogen-bond donors (Lipinski definition) is 0. The number of rotatable bonds is 8. The molecule has 0 aliphatic carbocycles. The SMILES string of the molecule is C=CCOc1cc(Br)c(/C=c2/sc3n(c2=O)[C@@H](c2ccc(C)cc2)C(C(=O)OCC)=C(C)N=3)cc1OC. The normalized spacial score (nSPS) is 15.2. The Morgan fingerprint density at radius 1 is 1.22 bits per heavy atom. The second-order valence-electron chi connectivity index (χ2n) is 8.34. The van der Waals surface area contributed by atoms with Crippen molar-refractivity contribution in [3.63, 3.8) is 0 Å². The van der Waals surface area contributed by atoms with Gasteiger partial charge in [0.05, 0.1) is 35.6 Å². The maximum absolute atomic E-state index is 13.8. The molecule has 0 saturated heterocycles. The van der Waals surface area contributed by atoms with Crippen molar-refractivity contribution >= 4 is 39.3 Å². The van der Waals surface area contributed by atoms with Crippen LogP contribution >= 0.6 is 27.3 Å². The smallest absolute Gasteiger partial charge is 0.338 e. The first kappa shape index (κ1) is 26.6. The molecule has 0 radical (unpaired) electrons. The fourth-order valence-corrected chi connectivity index (χ4v) is 5.55. The first-order valence-corrected chi connectivity index (χ1v) is 13.3. The molecule has 1 aliphatic rings. The van der Waals surface area contributed by atoms with Gasteiger partial charge in [0.25, 0.3) is 5.56 Å². The highest BCUT2D eigenvalue weighted by Gasteiger charge is 2.33. The molecule has 4 rings (SSSR count). The van der Waals surface area contributed by atoms with Gasteiger partial charge in [-0.05, 0) is 50.1 Å². The summed E-state index contributed by atoms with van der Waals surface area (Å²) in [6, 6.07) is 10.7. The molecule has 9 heteroatoms. The van der Waals surface area contributed by atoms with Gasteiger partial charge in [0.15, 0.2) is 16.3 Å². The number of aromatic nitrogens is 1. The molecule has 7 nitrogen and oxygen atoms in total. The maximum Gasteiger partial charge on any atom is 0.338 e. The van der Waals surface area contributed by atoms with Crippen LogP contribution in [0.25, 0.3) is 6.08 Å². The van der Waals surface area contributed by atoms with E-state index in [-0.39, 0.29) is 12.2 Å². The third kappa shape index (κ3) is 5.33. The first-order chi connectivity index (χ1) is 17.8. The summed E-state index contributed by atoms with van der Waals surface area (Å²) in [4.78, 5) is 31.9. The van der Waals surface area contributed by atoms with E-state index in [4.69, 9.17) is 14.2 Å². The summed E-state index contributed by atoms with van der Waals surface area (Å²) in [5, 5.41) is 0. The molecule has 1 aromatic heterocycles. The van der Waals surface area contributed by atoms with Crippen molar-refractivity contribution in [2.75, 3.05) is 20.3 Å². The molecule has 3 aromatic rings. The number of esters is 1. The van der Waals surface area contributed by atoms with Crippen molar-refractivity contribution in [2.24, 2.45) is 4.99 Å². The van der Waals surface area contributed by atoms with Gasteiger partial charge in [-0.25, -0.2) is 9.79 Å². The van der Waals surface area contributed by atoms with E-state index < -0.39 is 12.0 Å². The van der Waals surface area contributed by atoms with Crippen LogP contribution in [-0.4, -0.2) is 30.9 Å². The third-order valence-electron chi connectivity index (χ3n) is 5.84. The highest BCUT2D eigenvalue weighted by molar-refractivity contribution is 9.10. The van der Waals surface area contributed by atoms with Crippen LogP contribution < -0.4 is 24.4 Å². The Kier molecular flexibility index (Phi) is 8.14. The molecular weight excluding hydrogens is 556 g/mol. The Bertz CT molecular complexity index is 1570. The predicted octanol–water partition coefficient (Wildman–Crippen LogP) is 4.44. The average Bonchev–Trinajstić information content (AvgIpc) is 3.18. The Labute approximate surface area is 227 Å². The molecule has 37 heavy (non-hydrogen) atoms. The molecule has 2 heterocycles. The monoisotopic (exact) mass is 582 g/mol. The minimum absolute atomic E-state index is 0.225. The van der Waals surface area contributed by atoms with Crippen molar-refractivity contribution in [2.45, 2.75) is 26.8 Å². The summed E-state index contributed by atoms with van der Waals surface area (Å²) in [6.45, 7) is 9.75. The molecule has 2 aromatic carbocycles. The number of benzene rings is 2. The summed E-state index contributed by atoms with van der Waals surface area (Å²) < 4.78 is 19.3. The van der Waals surface area contributed by atoms with Gasteiger partial charge in [0.1, 0.15) is 6.61 Å². The molecule has 0 spiro atoms. The quantitative estimate of drug-likeness (QED) is 0.290. The lowest BCUT2D eigenvalue weighted by Gasteiger charge is -2.24. The summed E-state index contributed by atoms with van der Waals surface area (Å²) in [7, 11) is 1.56. The van der Waals surface area contributed by atoms with E-state index in [0.717, 1.165) is 21.2 Å². The molecule has 1 aliphatic heterocycles. The highest BCUT2D eigenvalue weighted by atomic mass is 79.9. The Morgan fingerprint density at radius 3 is 2.59 bits per heavy atom. The molecule has 0 unspecified atom stereocenters. The Balaban J connectivity index is 1.91. The zero-order valence-electron chi connectivity index (χ0n) is 21.0. The van der Waals surface area contributed by atoms with Gasteiger partial charge < -0.3 is 14.2 Å². The largest absolute Gasteiger partial charge is 0.493 e. The van der Waals surface area contributed by atoms with Gasteiger partial charge >= 0.3 is 5.97 Å². The second-order valence-corrected chi connectivity index (χ2v) is 10.2. The van der Waals surface area contributed by atoms with Gasteiger partial charge in [0, 0.05) is 4.47 Å². The third-order valence-corrected chi connectivity index (χ3v) is 7.51. The summed E-state index contributed by atoms with van der Waals surface area (Å²) in [5.41, 5.74) is 3.26. The fraction of sp³-hybridized carbons (Fsp3) is 0.250. The van der Waals surface area contributed by atoms with Crippen molar-refractivity contribution in [1.29, 1.82) is 0 Å². The van der Waals surface area contributed by atoms with Crippen LogP contribution in [0.4, 0.5) is 0 Å². The van der Waals surface area contributed by atoms with E-state index >= 15 is 0 Å². The van der Waals surface area contributed by atoms with Crippen LogP contribution in [0.3, 0.4) is 0 Å². The van der Waals surface area contributed by atoms with E-state index in [1.54, 1.807) is 49.8 Å². The topological polar surface area (TPSA) is 79.1 Å². The molecule has 192 valence electrons. The lowest BCUT2D eigenvalue weighted by atomic mass is 9.95. The first-order valence-electron chi connectivity index (χ1n) is 11.7. The summed E-state index contributed by atoms with van der Waals surface area (Å²) in [6.07, 6.45) is 3.43. The van der Waals surface area contributed by atoms with Crippen molar-refractivity contribution in [3.8, 4) is 11.5 Å². The van der Waals surface area contributed by atoms with Gasteiger partial charge in [0.2, 0.25) is 0 Å². The van der Waals surface area contributed by atoms with Crippen LogP contribution in [-0.2, 0) is 9.53 Å². The highest BCUT2D eigenvalue weighted by Crippen LogP contribution is 2.34. The van der Waals surface area contributed by atoms with Gasteiger partial charge in [-0.3, -0.25) is 9.36 Å². The number of aryl methyl sites for hydroxylation is 1. The van der Waals surface area contributed by atoms with Gasteiger partial charge in [-0.2, -0.15) is 0 Å². The molecule has 1 atom stereocenters. The van der Waals surface area contributed by atoms with Crippen molar-refractivity contribution < 1.29 is 19.0 Å². The standard InChI is InChI=1S/C28H27BrN2O5S/c1-6-12-36-22-15-20(29)19(13-21(22)34-5)14-23-26(32)31-25(18-10-8-16(3)9-11-18)24(27(33)35-7-2)17(4)30-28(31)37-23/h6,8-11,13-15,25H,1,7,12H2,2-5H3/b23-14+/t25-/m0/s1. The van der Waals surface area contributed by atoms with Crippen molar-refractivity contribution in [3.05, 3.63) is 101 Å². The number of fused-ring (bicyclic) bond motifs is 1. The number of nitrogens with zero attached hydrogens (tertiary/aromatic N) is 2. The lowest BCUT2D eigenvalue weighted by Crippen LogP contribution is -2.39. The maximum atomic E-state index is 13.8. The number of carbonyl (C=O) groups is 1. The van der Waals surface area contributed by atoms with Crippen molar-refractivity contribution in [1.82, 2.24) is 4.57 Å². The van der Waals surface area contributed by atoms with Gasteiger partial charge in [-0.1, -0.05) is 69.8 Å². The summed E-state index contributed by atoms with van der Waals surface area (Å²) in [5.74, 6) is 0.607. The number of carbonyl (C=O) groups excluding carboxylic acids is 1. The minimum atomic E-state index is -0.647. The number of hydrogen-bond acceptors (Lipinski definition) is 7. The number of halogens is 1. The zero-order valence-corrected chi connectivity index (χ0v) is 23.4. The predicted molar refractivity (Wildman–Crippen MR) is 148 cm³/mol. The van der Waals surface area contributed by atoms with E-state index in [0.29, 0.717) is 38.7 Å². The molecule has 0 fully saturated rings. The number of ether oxygens (including phenoxy) is 3. The van der Waals surface area contributed by atoms with Crippen LogP contribution in [0.15, 0.2) is 74.6 Å². The second kappa shape index (κ2) is 11.3. The van der Waals surface area contributed by atoms with Crippen LogP contribution in [0.1, 0.15) is 36.6 Å². The van der Waals surface area contributed by atoms with E-state index in [2.05, 4.69) is 27.5 Å². The minimum Gasteiger partial charge on any atom is -0.493 e. The van der Waals surface area contributed by atoms with Crippen LogP contribution in [0.2, 0.25) is 0 Å². The Morgan fingerprint density at radius 2 is 1.95 bits per heavy atom.